The lowest BCUT2D eigenvalue weighted by Crippen LogP contribution is -2.46. The number of nitrogens with zero attached hydrogens (tertiary/aromatic N) is 5. The molecule has 178 valence electrons. The van der Waals surface area contributed by atoms with Crippen LogP contribution in [0.4, 0.5) is 5.82 Å². The van der Waals surface area contributed by atoms with E-state index in [9.17, 15) is 14.9 Å². The van der Waals surface area contributed by atoms with Crippen LogP contribution in [-0.4, -0.2) is 64.4 Å². The Hall–Kier alpha value is -2.15. The van der Waals surface area contributed by atoms with Crippen molar-refractivity contribution in [2.45, 2.75) is 46.0 Å². The van der Waals surface area contributed by atoms with Crippen LogP contribution in [0.1, 0.15) is 55.7 Å². The minimum Gasteiger partial charge on any atom is -0.355 e. The molecule has 7 nitrogen and oxygen atoms in total. The third-order valence-electron chi connectivity index (χ3n) is 6.41. The van der Waals surface area contributed by atoms with Gasteiger partial charge in [-0.2, -0.15) is 5.26 Å². The van der Waals surface area contributed by atoms with Crippen LogP contribution in [0.3, 0.4) is 0 Å². The fourth-order valence-electron chi connectivity index (χ4n) is 4.31. The highest BCUT2D eigenvalue weighted by molar-refractivity contribution is 8.26. The van der Waals surface area contributed by atoms with Crippen LogP contribution in [0.2, 0.25) is 0 Å². The summed E-state index contributed by atoms with van der Waals surface area (Å²) in [6.07, 6.45) is 7.42. The number of hydrogen-bond acceptors (Lipinski definition) is 7. The van der Waals surface area contributed by atoms with Gasteiger partial charge in [-0.15, -0.1) is 0 Å². The van der Waals surface area contributed by atoms with Gasteiger partial charge < -0.3 is 9.80 Å². The minimum atomic E-state index is -0.305. The highest BCUT2D eigenvalue weighted by Crippen LogP contribution is 2.36. The van der Waals surface area contributed by atoms with Crippen molar-refractivity contribution in [3.05, 3.63) is 31.9 Å². The molecular formula is C24H33N5O2S2. The van der Waals surface area contributed by atoms with E-state index >= 15 is 0 Å². The van der Waals surface area contributed by atoms with Crippen molar-refractivity contribution < 1.29 is 4.79 Å². The molecule has 0 atom stereocenters. The van der Waals surface area contributed by atoms with E-state index in [4.69, 9.17) is 12.2 Å². The monoisotopic (exact) mass is 487 g/mol. The molecule has 0 spiro atoms. The fourth-order valence-corrected chi connectivity index (χ4v) is 5.60. The van der Waals surface area contributed by atoms with Gasteiger partial charge in [0.1, 0.15) is 21.8 Å². The SMILES string of the molecule is CCCCCCCN1C(=O)/C(=C\c2c(C)c(C#N)c(=O)n(C)c2N2CCN(C)CC2)SC1=S. The third-order valence-corrected chi connectivity index (χ3v) is 7.78. The molecule has 0 radical (unpaired) electrons. The number of aromatic nitrogens is 1. The number of pyridine rings is 1. The number of likely N-dealkylation sites (N-methyl/N-ethyl adjacent to an activating group) is 1. The maximum absolute atomic E-state index is 13.2. The Morgan fingerprint density at radius 3 is 2.39 bits per heavy atom. The number of unbranched alkanes of at least 4 members (excludes halogenated alkanes) is 4. The first-order valence-corrected chi connectivity index (χ1v) is 12.8. The van der Waals surface area contributed by atoms with E-state index in [1.165, 1.54) is 31.0 Å². The van der Waals surface area contributed by atoms with Crippen molar-refractivity contribution in [1.82, 2.24) is 14.4 Å². The summed E-state index contributed by atoms with van der Waals surface area (Å²) in [4.78, 5) is 32.7. The average molecular weight is 488 g/mol. The number of thioether (sulfide) groups is 1. The molecule has 0 aliphatic carbocycles. The number of amides is 1. The zero-order valence-corrected chi connectivity index (χ0v) is 21.7. The van der Waals surface area contributed by atoms with Gasteiger partial charge >= 0.3 is 0 Å². The van der Waals surface area contributed by atoms with Crippen LogP contribution >= 0.6 is 24.0 Å². The van der Waals surface area contributed by atoms with Gasteiger partial charge in [0, 0.05) is 45.3 Å². The Balaban J connectivity index is 1.96. The van der Waals surface area contributed by atoms with Crippen molar-refractivity contribution in [2.75, 3.05) is 44.7 Å². The molecule has 1 aromatic rings. The summed E-state index contributed by atoms with van der Waals surface area (Å²) >= 11 is 6.82. The van der Waals surface area contributed by atoms with E-state index in [0.29, 0.717) is 21.3 Å². The lowest BCUT2D eigenvalue weighted by molar-refractivity contribution is -0.122. The normalized spacial score (nSPS) is 18.5. The summed E-state index contributed by atoms with van der Waals surface area (Å²) in [6.45, 7) is 7.91. The van der Waals surface area contributed by atoms with E-state index in [-0.39, 0.29) is 17.0 Å². The molecule has 0 saturated carbocycles. The second-order valence-corrected chi connectivity index (χ2v) is 10.4. The average Bonchev–Trinajstić information content (AvgIpc) is 3.06. The molecule has 2 saturated heterocycles. The summed E-state index contributed by atoms with van der Waals surface area (Å²) in [7, 11) is 3.78. The van der Waals surface area contributed by atoms with Gasteiger partial charge in [-0.3, -0.25) is 19.1 Å². The Kier molecular flexibility index (Phi) is 8.74. The Morgan fingerprint density at radius 2 is 1.76 bits per heavy atom. The molecule has 1 amide bonds. The summed E-state index contributed by atoms with van der Waals surface area (Å²) in [5.41, 5.74) is 1.18. The number of anilines is 1. The number of carbonyl (C=O) groups excluding carboxylic acids is 1. The summed E-state index contributed by atoms with van der Waals surface area (Å²) in [5, 5.41) is 9.63. The minimum absolute atomic E-state index is 0.0865. The molecule has 0 bridgehead atoms. The summed E-state index contributed by atoms with van der Waals surface area (Å²) in [5.74, 6) is 0.672. The van der Waals surface area contributed by atoms with E-state index in [0.717, 1.165) is 50.4 Å². The molecule has 9 heteroatoms. The predicted octanol–water partition coefficient (Wildman–Crippen LogP) is 3.49. The van der Waals surface area contributed by atoms with Gasteiger partial charge in [-0.1, -0.05) is 56.6 Å². The largest absolute Gasteiger partial charge is 0.355 e. The first-order valence-electron chi connectivity index (χ1n) is 11.6. The molecule has 33 heavy (non-hydrogen) atoms. The number of nitriles is 1. The molecule has 2 aliphatic heterocycles. The second kappa shape index (κ2) is 11.3. The number of piperazine rings is 1. The van der Waals surface area contributed by atoms with Crippen molar-refractivity contribution >= 4 is 46.1 Å². The molecule has 0 unspecified atom stereocenters. The zero-order valence-electron chi connectivity index (χ0n) is 20.0. The van der Waals surface area contributed by atoms with Crippen LogP contribution in [-0.2, 0) is 11.8 Å². The molecule has 3 heterocycles. The quantitative estimate of drug-likeness (QED) is 0.316. The molecule has 2 aliphatic rings. The smallest absolute Gasteiger partial charge is 0.270 e. The maximum Gasteiger partial charge on any atom is 0.270 e. The van der Waals surface area contributed by atoms with Gasteiger partial charge in [-0.05, 0) is 32.0 Å². The van der Waals surface area contributed by atoms with Crippen LogP contribution in [0, 0.1) is 18.3 Å². The van der Waals surface area contributed by atoms with Crippen molar-refractivity contribution in [3.63, 3.8) is 0 Å². The van der Waals surface area contributed by atoms with E-state index in [1.807, 2.05) is 6.08 Å². The van der Waals surface area contributed by atoms with Crippen LogP contribution in [0.5, 0.6) is 0 Å². The lowest BCUT2D eigenvalue weighted by atomic mass is 10.0. The van der Waals surface area contributed by atoms with Crippen LogP contribution in [0.25, 0.3) is 6.08 Å². The maximum atomic E-state index is 13.2. The molecular weight excluding hydrogens is 454 g/mol. The van der Waals surface area contributed by atoms with Gasteiger partial charge in [0.25, 0.3) is 11.5 Å². The topological polar surface area (TPSA) is 72.6 Å². The lowest BCUT2D eigenvalue weighted by Gasteiger charge is -2.36. The summed E-state index contributed by atoms with van der Waals surface area (Å²) in [6, 6.07) is 2.06. The van der Waals surface area contributed by atoms with Gasteiger partial charge in [-0.25, -0.2) is 0 Å². The highest BCUT2D eigenvalue weighted by Gasteiger charge is 2.33. The van der Waals surface area contributed by atoms with Gasteiger partial charge in [0.15, 0.2) is 0 Å². The number of hydrogen-bond donors (Lipinski definition) is 0. The van der Waals surface area contributed by atoms with Crippen molar-refractivity contribution in [2.24, 2.45) is 7.05 Å². The first kappa shape index (κ1) is 25.5. The zero-order chi connectivity index (χ0) is 24.1. The van der Waals surface area contributed by atoms with Gasteiger partial charge in [0.05, 0.1) is 4.91 Å². The molecule has 0 N–H and O–H groups in total. The van der Waals surface area contributed by atoms with E-state index in [1.54, 1.807) is 23.4 Å². The highest BCUT2D eigenvalue weighted by atomic mass is 32.2. The number of carbonyl (C=O) groups is 1. The van der Waals surface area contributed by atoms with E-state index in [2.05, 4.69) is 29.8 Å². The number of rotatable bonds is 8. The molecule has 0 aromatic carbocycles. The standard InChI is InChI=1S/C24H33N5O2S2/c1-5-6-7-8-9-10-29-23(31)20(33-24(29)32)15-18-17(2)19(16-25)22(30)27(4)21(18)28-13-11-26(3)12-14-28/h15H,5-14H2,1-4H3/b20-15+. The summed E-state index contributed by atoms with van der Waals surface area (Å²) < 4.78 is 2.13. The molecule has 1 aromatic heterocycles. The number of thiocarbonyl (C=S) groups is 1. The second-order valence-electron chi connectivity index (χ2n) is 8.75. The van der Waals surface area contributed by atoms with Crippen molar-refractivity contribution in [3.8, 4) is 6.07 Å². The predicted molar refractivity (Wildman–Crippen MR) is 139 cm³/mol. The van der Waals surface area contributed by atoms with Crippen LogP contribution in [0.15, 0.2) is 9.70 Å². The van der Waals surface area contributed by atoms with E-state index < -0.39 is 0 Å². The first-order chi connectivity index (χ1) is 15.8. The third kappa shape index (κ3) is 5.51. The Morgan fingerprint density at radius 1 is 1.09 bits per heavy atom. The molecule has 2 fully saturated rings. The Bertz CT molecular complexity index is 1050. The molecule has 3 rings (SSSR count). The Labute approximate surface area is 206 Å². The van der Waals surface area contributed by atoms with Crippen molar-refractivity contribution in [1.29, 1.82) is 5.26 Å². The fraction of sp³-hybridized carbons (Fsp3) is 0.583. The van der Waals surface area contributed by atoms with Gasteiger partial charge in [0.2, 0.25) is 0 Å². The van der Waals surface area contributed by atoms with Crippen LogP contribution < -0.4 is 10.5 Å².